The zero-order valence-corrected chi connectivity index (χ0v) is 28.8. The third-order valence-corrected chi connectivity index (χ3v) is 8.86. The van der Waals surface area contributed by atoms with Gasteiger partial charge in [-0.15, -0.1) is 12.6 Å². The van der Waals surface area contributed by atoms with Crippen LogP contribution >= 0.6 is 21.1 Å². The van der Waals surface area contributed by atoms with Gasteiger partial charge >= 0.3 is 11.5 Å². The lowest BCUT2D eigenvalue weighted by Crippen LogP contribution is -2.42. The highest BCUT2D eigenvalue weighted by molar-refractivity contribution is 7.80. The van der Waals surface area contributed by atoms with Gasteiger partial charge in [-0.05, 0) is 24.3 Å². The number of benzene rings is 1. The highest BCUT2D eigenvalue weighted by atomic mass is 32.1. The molecule has 0 saturated carbocycles. The van der Waals surface area contributed by atoms with Crippen LogP contribution < -0.4 is 0 Å². The van der Waals surface area contributed by atoms with E-state index in [1.165, 1.54) is 96.3 Å². The van der Waals surface area contributed by atoms with Crippen molar-refractivity contribution >= 4 is 27.1 Å². The Morgan fingerprint density at radius 3 is 1.81 bits per heavy atom. The summed E-state index contributed by atoms with van der Waals surface area (Å²) >= 11 is 4.72. The van der Waals surface area contributed by atoms with Crippen molar-refractivity contribution in [1.82, 2.24) is 0 Å². The molecule has 5 atom stereocenters. The average Bonchev–Trinajstić information content (AvgIpc) is 3.00. The lowest BCUT2D eigenvalue weighted by Gasteiger charge is -2.29. The average molecular weight is 629 g/mol. The molecule has 244 valence electrons. The zero-order valence-electron chi connectivity index (χ0n) is 26.8. The predicted molar refractivity (Wildman–Crippen MR) is 179 cm³/mol. The third-order valence-electron chi connectivity index (χ3n) is 7.84. The molecular weight excluding hydrogens is 567 g/mol. The van der Waals surface area contributed by atoms with E-state index in [4.69, 9.17) is 26.8 Å². The van der Waals surface area contributed by atoms with Gasteiger partial charge in [-0.3, -0.25) is 0 Å². The van der Waals surface area contributed by atoms with E-state index in [9.17, 15) is 14.5 Å². The summed E-state index contributed by atoms with van der Waals surface area (Å²) in [5.41, 5.74) is -2.18. The first kappa shape index (κ1) is 39.2. The largest absolute Gasteiger partial charge is 0.456 e. The van der Waals surface area contributed by atoms with Gasteiger partial charge in [0.05, 0.1) is 0 Å². The molecule has 0 radical (unpaired) electrons. The minimum absolute atomic E-state index is 0.0450. The molecule has 1 N–H and O–H groups in total. The fourth-order valence-corrected chi connectivity index (χ4v) is 6.03. The van der Waals surface area contributed by atoms with E-state index in [1.54, 1.807) is 12.1 Å². The Bertz CT molecular complexity index is 797. The maximum Gasteiger partial charge on any atom is 0.374 e. The van der Waals surface area contributed by atoms with Crippen molar-refractivity contribution in [2.45, 2.75) is 167 Å². The fourth-order valence-electron chi connectivity index (χ4n) is 5.21. The van der Waals surface area contributed by atoms with Gasteiger partial charge in [-0.25, -0.2) is 4.79 Å². The number of ether oxygens (including phenoxy) is 3. The lowest BCUT2D eigenvalue weighted by molar-refractivity contribution is -0.259. The molecule has 0 spiro atoms. The summed E-state index contributed by atoms with van der Waals surface area (Å²) in [4.78, 5) is 12.6. The standard InChI is InChI=1S/C34H61O6PS/c1-4-7-9-11-13-14-15-17-20-24-29(23-19-16-12-10-8-5-2)27-32(42)39-31(6-3)40-34(36,41-37)33(35)38-28-30-25-21-18-22-26-30/h18,21-22,25-26,29,31-32,36,42H,4-17,19-20,23-24,27-28,41H2,1-3H3. The number of aliphatic hydroxyl groups is 1. The van der Waals surface area contributed by atoms with E-state index < -0.39 is 31.7 Å². The molecule has 0 amide bonds. The second-order valence-electron chi connectivity index (χ2n) is 11.7. The van der Waals surface area contributed by atoms with Gasteiger partial charge in [-0.1, -0.05) is 160 Å². The van der Waals surface area contributed by atoms with Crippen molar-refractivity contribution in [2.24, 2.45) is 5.92 Å². The molecule has 0 saturated heterocycles. The SMILES string of the molecule is CCCCCCCCCCCC(CCCCCCCC)CC(S)OC(CC)OC(O)([PH2]=O)C(=O)OCc1ccccc1. The number of rotatable bonds is 28. The molecule has 6 nitrogen and oxygen atoms in total. The molecule has 1 aromatic carbocycles. The van der Waals surface area contributed by atoms with Crippen molar-refractivity contribution in [1.29, 1.82) is 0 Å². The van der Waals surface area contributed by atoms with Crippen LogP contribution in [0, 0.1) is 5.92 Å². The highest BCUT2D eigenvalue weighted by Crippen LogP contribution is 2.30. The molecule has 0 aliphatic heterocycles. The smallest absolute Gasteiger partial charge is 0.374 e. The second-order valence-corrected chi connectivity index (χ2v) is 13.3. The molecule has 0 heterocycles. The Morgan fingerprint density at radius 1 is 0.833 bits per heavy atom. The molecule has 42 heavy (non-hydrogen) atoms. The van der Waals surface area contributed by atoms with Gasteiger partial charge in [0.1, 0.15) is 20.5 Å². The van der Waals surface area contributed by atoms with Crippen LogP contribution in [0.2, 0.25) is 0 Å². The number of carbonyl (C=O) groups is 1. The minimum Gasteiger partial charge on any atom is -0.456 e. The molecule has 0 bridgehead atoms. The van der Waals surface area contributed by atoms with Crippen molar-refractivity contribution in [2.75, 3.05) is 0 Å². The number of thiol groups is 1. The van der Waals surface area contributed by atoms with Crippen LogP contribution in [0.5, 0.6) is 0 Å². The number of hydrogen-bond acceptors (Lipinski definition) is 7. The fraction of sp³-hybridized carbons (Fsp3) is 0.794. The Balaban J connectivity index is 2.58. The van der Waals surface area contributed by atoms with Crippen LogP contribution in [-0.2, 0) is 30.2 Å². The Morgan fingerprint density at radius 2 is 1.33 bits per heavy atom. The molecule has 0 aliphatic rings. The van der Waals surface area contributed by atoms with Crippen LogP contribution in [0.3, 0.4) is 0 Å². The van der Waals surface area contributed by atoms with Crippen molar-refractivity contribution in [3.05, 3.63) is 35.9 Å². The first-order chi connectivity index (χ1) is 20.4. The van der Waals surface area contributed by atoms with E-state index in [-0.39, 0.29) is 6.61 Å². The van der Waals surface area contributed by atoms with Crippen LogP contribution in [0.15, 0.2) is 30.3 Å². The van der Waals surface area contributed by atoms with Crippen LogP contribution in [0.25, 0.3) is 0 Å². The number of esters is 1. The second kappa shape index (κ2) is 25.5. The minimum atomic E-state index is -2.53. The lowest BCUT2D eigenvalue weighted by atomic mass is 9.91. The number of carbonyl (C=O) groups excluding carboxylic acids is 1. The van der Waals surface area contributed by atoms with Gasteiger partial charge in [-0.2, -0.15) is 0 Å². The summed E-state index contributed by atoms with van der Waals surface area (Å²) < 4.78 is 28.7. The van der Waals surface area contributed by atoms with Crippen molar-refractivity contribution in [3.63, 3.8) is 0 Å². The Labute approximate surface area is 263 Å². The van der Waals surface area contributed by atoms with Gasteiger partial charge < -0.3 is 23.9 Å². The first-order valence-corrected chi connectivity index (χ1v) is 18.4. The molecule has 0 aliphatic carbocycles. The van der Waals surface area contributed by atoms with E-state index in [1.807, 2.05) is 25.1 Å². The van der Waals surface area contributed by atoms with Crippen molar-refractivity contribution in [3.8, 4) is 0 Å². The van der Waals surface area contributed by atoms with E-state index in [0.29, 0.717) is 12.3 Å². The first-order valence-electron chi connectivity index (χ1n) is 16.8. The number of hydrogen-bond donors (Lipinski definition) is 2. The maximum atomic E-state index is 12.6. The predicted octanol–water partition coefficient (Wildman–Crippen LogP) is 9.84. The Hall–Kier alpha value is -0.850. The van der Waals surface area contributed by atoms with Crippen molar-refractivity contribution < 1.29 is 28.7 Å². The van der Waals surface area contributed by atoms with Gasteiger partial charge in [0.15, 0.2) is 6.29 Å². The van der Waals surface area contributed by atoms with Gasteiger partial charge in [0, 0.05) is 0 Å². The maximum absolute atomic E-state index is 12.6. The summed E-state index contributed by atoms with van der Waals surface area (Å²) in [7, 11) is -2.01. The van der Waals surface area contributed by atoms with E-state index in [0.717, 1.165) is 24.8 Å². The molecule has 0 fully saturated rings. The summed E-state index contributed by atoms with van der Waals surface area (Å²) in [5.74, 6) is -0.568. The molecule has 0 aromatic heterocycles. The third kappa shape index (κ3) is 18.7. The topological polar surface area (TPSA) is 82.1 Å². The monoisotopic (exact) mass is 628 g/mol. The number of unbranched alkanes of at least 4 members (excludes halogenated alkanes) is 13. The summed E-state index contributed by atoms with van der Waals surface area (Å²) in [5, 5.41) is 10.7. The molecular formula is C34H61O6PS. The van der Waals surface area contributed by atoms with E-state index in [2.05, 4.69) is 13.8 Å². The highest BCUT2D eigenvalue weighted by Gasteiger charge is 2.41. The summed E-state index contributed by atoms with van der Waals surface area (Å²) in [6.45, 7) is 6.29. The van der Waals surface area contributed by atoms with Gasteiger partial charge in [0.2, 0.25) is 0 Å². The van der Waals surface area contributed by atoms with Crippen LogP contribution in [0.4, 0.5) is 0 Å². The van der Waals surface area contributed by atoms with E-state index >= 15 is 0 Å². The van der Waals surface area contributed by atoms with Crippen LogP contribution in [0.1, 0.15) is 148 Å². The normalized spacial score (nSPS) is 15.5. The molecule has 1 rings (SSSR count). The summed E-state index contributed by atoms with van der Waals surface area (Å²) in [6, 6.07) is 9.12. The molecule has 8 heteroatoms. The molecule has 1 aromatic rings. The summed E-state index contributed by atoms with van der Waals surface area (Å²) in [6.07, 6.45) is 22.0. The quantitative estimate of drug-likeness (QED) is 0.0316. The Kier molecular flexibility index (Phi) is 23.8. The van der Waals surface area contributed by atoms with Crippen LogP contribution in [-0.4, -0.2) is 28.3 Å². The van der Waals surface area contributed by atoms with Gasteiger partial charge in [0.25, 0.3) is 0 Å². The molecule has 5 unspecified atom stereocenters. The zero-order chi connectivity index (χ0) is 30.9.